The molecule has 0 fully saturated rings. The van der Waals surface area contributed by atoms with Crippen LogP contribution in [0.5, 0.6) is 5.75 Å². The predicted molar refractivity (Wildman–Crippen MR) is 187 cm³/mol. The number of rotatable bonds is 12. The van der Waals surface area contributed by atoms with Gasteiger partial charge in [-0.05, 0) is 88.1 Å². The Morgan fingerprint density at radius 2 is 1.45 bits per heavy atom. The summed E-state index contributed by atoms with van der Waals surface area (Å²) in [5.41, 5.74) is 4.02. The Kier molecular flexibility index (Phi) is 11.1. The maximum atomic E-state index is 14.8. The fraction of sp³-hybridized carbons (Fsp3) is 0.316. The average molecular weight is 656 g/mol. The number of methoxy groups -OCH3 is 1. The molecule has 2 amide bonds. The number of anilines is 1. The van der Waals surface area contributed by atoms with Gasteiger partial charge in [-0.15, -0.1) is 0 Å². The zero-order chi connectivity index (χ0) is 34.4. The van der Waals surface area contributed by atoms with E-state index in [1.807, 2.05) is 102 Å². The van der Waals surface area contributed by atoms with Crippen LogP contribution in [-0.4, -0.2) is 50.4 Å². The standard InChI is InChI=1S/C38H45N3O5S/c1-27-17-20-32(21-18-27)47(44,45)41(33-23-28(2)19-22-35(33)46-7)26-36(42)40(25-31-16-12-11-13-29(31)3)34(37(43)39-38(4,5)6)24-30-14-9-8-10-15-30/h8-23,34H,24-26H2,1-7H3,(H,39,43). The smallest absolute Gasteiger partial charge is 0.264 e. The Bertz CT molecular complexity index is 1800. The lowest BCUT2D eigenvalue weighted by molar-refractivity contribution is -0.140. The monoisotopic (exact) mass is 655 g/mol. The van der Waals surface area contributed by atoms with Crippen LogP contribution in [0.2, 0.25) is 0 Å². The number of ether oxygens (including phenoxy) is 1. The third kappa shape index (κ3) is 9.01. The first kappa shape index (κ1) is 35.2. The highest BCUT2D eigenvalue weighted by Gasteiger charge is 2.36. The SMILES string of the molecule is COc1ccc(C)cc1N(CC(=O)N(Cc1ccccc1C)C(Cc1ccccc1)C(=O)NC(C)(C)C)S(=O)(=O)c1ccc(C)cc1. The van der Waals surface area contributed by atoms with Crippen molar-refractivity contribution in [1.29, 1.82) is 0 Å². The van der Waals surface area contributed by atoms with Crippen molar-refractivity contribution in [3.05, 3.63) is 125 Å². The van der Waals surface area contributed by atoms with Gasteiger partial charge in [0.2, 0.25) is 11.8 Å². The normalized spacial score (nSPS) is 12.2. The van der Waals surface area contributed by atoms with E-state index in [-0.39, 0.29) is 29.5 Å². The first-order valence-electron chi connectivity index (χ1n) is 15.6. The molecule has 0 aliphatic carbocycles. The van der Waals surface area contributed by atoms with E-state index in [2.05, 4.69) is 5.32 Å². The van der Waals surface area contributed by atoms with Crippen LogP contribution < -0.4 is 14.4 Å². The van der Waals surface area contributed by atoms with E-state index >= 15 is 0 Å². The molecule has 4 rings (SSSR count). The third-order valence-electron chi connectivity index (χ3n) is 7.86. The van der Waals surface area contributed by atoms with Gasteiger partial charge in [-0.25, -0.2) is 8.42 Å². The van der Waals surface area contributed by atoms with Gasteiger partial charge >= 0.3 is 0 Å². The lowest BCUT2D eigenvalue weighted by atomic mass is 10.00. The first-order chi connectivity index (χ1) is 22.2. The molecule has 8 nitrogen and oxygen atoms in total. The lowest BCUT2D eigenvalue weighted by Gasteiger charge is -2.35. The quantitative estimate of drug-likeness (QED) is 0.191. The van der Waals surface area contributed by atoms with Crippen LogP contribution >= 0.6 is 0 Å². The highest BCUT2D eigenvalue weighted by molar-refractivity contribution is 7.92. The summed E-state index contributed by atoms with van der Waals surface area (Å²) in [5, 5.41) is 3.06. The van der Waals surface area contributed by atoms with E-state index in [9.17, 15) is 18.0 Å². The highest BCUT2D eigenvalue weighted by atomic mass is 32.2. The zero-order valence-corrected chi connectivity index (χ0v) is 29.1. The zero-order valence-electron chi connectivity index (χ0n) is 28.3. The molecule has 9 heteroatoms. The van der Waals surface area contributed by atoms with E-state index < -0.39 is 34.1 Å². The highest BCUT2D eigenvalue weighted by Crippen LogP contribution is 2.34. The molecule has 0 aromatic heterocycles. The number of hydrogen-bond acceptors (Lipinski definition) is 5. The predicted octanol–water partition coefficient (Wildman–Crippen LogP) is 6.37. The van der Waals surface area contributed by atoms with Crippen molar-refractivity contribution >= 4 is 27.5 Å². The van der Waals surface area contributed by atoms with Crippen molar-refractivity contribution in [2.45, 2.75) is 71.0 Å². The average Bonchev–Trinajstić information content (AvgIpc) is 3.02. The van der Waals surface area contributed by atoms with Crippen molar-refractivity contribution in [3.63, 3.8) is 0 Å². The summed E-state index contributed by atoms with van der Waals surface area (Å²) in [6.45, 7) is 10.9. The fourth-order valence-electron chi connectivity index (χ4n) is 5.32. The summed E-state index contributed by atoms with van der Waals surface area (Å²) in [6, 6.07) is 27.9. The van der Waals surface area contributed by atoms with Crippen LogP contribution in [0.3, 0.4) is 0 Å². The molecule has 47 heavy (non-hydrogen) atoms. The fourth-order valence-corrected chi connectivity index (χ4v) is 6.74. The van der Waals surface area contributed by atoms with Crippen LogP contribution in [0.4, 0.5) is 5.69 Å². The number of amides is 2. The second-order valence-electron chi connectivity index (χ2n) is 12.9. The number of carbonyl (C=O) groups excluding carboxylic acids is 2. The molecule has 1 unspecified atom stereocenters. The van der Waals surface area contributed by atoms with Gasteiger partial charge in [-0.3, -0.25) is 13.9 Å². The molecule has 0 bridgehead atoms. The topological polar surface area (TPSA) is 96.0 Å². The van der Waals surface area contributed by atoms with E-state index in [1.54, 1.807) is 24.3 Å². The molecule has 4 aromatic rings. The Morgan fingerprint density at radius 3 is 2.06 bits per heavy atom. The van der Waals surface area contributed by atoms with Gasteiger partial charge < -0.3 is 15.0 Å². The van der Waals surface area contributed by atoms with Crippen molar-refractivity contribution < 1.29 is 22.7 Å². The van der Waals surface area contributed by atoms with E-state index in [0.29, 0.717) is 5.75 Å². The van der Waals surface area contributed by atoms with Crippen LogP contribution in [0.15, 0.2) is 102 Å². The van der Waals surface area contributed by atoms with Gasteiger partial charge in [-0.2, -0.15) is 0 Å². The number of hydrogen-bond donors (Lipinski definition) is 1. The molecule has 0 radical (unpaired) electrons. The molecule has 1 atom stereocenters. The van der Waals surface area contributed by atoms with Crippen molar-refractivity contribution in [1.82, 2.24) is 10.2 Å². The summed E-state index contributed by atoms with van der Waals surface area (Å²) < 4.78 is 35.5. The molecule has 1 N–H and O–H groups in total. The van der Waals surface area contributed by atoms with Gasteiger partial charge in [0.15, 0.2) is 0 Å². The minimum Gasteiger partial charge on any atom is -0.495 e. The maximum Gasteiger partial charge on any atom is 0.264 e. The number of sulfonamides is 1. The Morgan fingerprint density at radius 1 is 0.830 bits per heavy atom. The summed E-state index contributed by atoms with van der Waals surface area (Å²) in [7, 11) is -2.80. The Labute approximate surface area is 279 Å². The number of nitrogens with one attached hydrogen (secondary N) is 1. The van der Waals surface area contributed by atoms with Crippen molar-refractivity contribution in [2.24, 2.45) is 0 Å². The summed E-state index contributed by atoms with van der Waals surface area (Å²) >= 11 is 0. The summed E-state index contributed by atoms with van der Waals surface area (Å²) in [6.07, 6.45) is 0.235. The molecule has 0 spiro atoms. The van der Waals surface area contributed by atoms with E-state index in [0.717, 1.165) is 32.1 Å². The molecule has 4 aromatic carbocycles. The van der Waals surface area contributed by atoms with E-state index in [4.69, 9.17) is 4.74 Å². The second-order valence-corrected chi connectivity index (χ2v) is 14.8. The van der Waals surface area contributed by atoms with Crippen LogP contribution in [0.1, 0.15) is 48.6 Å². The summed E-state index contributed by atoms with van der Waals surface area (Å²) in [4.78, 5) is 30.4. The maximum absolute atomic E-state index is 14.8. The number of benzene rings is 4. The summed E-state index contributed by atoms with van der Waals surface area (Å²) in [5.74, 6) is -0.558. The molecular weight excluding hydrogens is 611 g/mol. The minimum absolute atomic E-state index is 0.0382. The minimum atomic E-state index is -4.26. The van der Waals surface area contributed by atoms with Crippen molar-refractivity contribution in [2.75, 3.05) is 18.0 Å². The molecule has 0 heterocycles. The lowest BCUT2D eigenvalue weighted by Crippen LogP contribution is -2.56. The van der Waals surface area contributed by atoms with Crippen LogP contribution in [-0.2, 0) is 32.6 Å². The molecule has 0 saturated heterocycles. The van der Waals surface area contributed by atoms with Crippen molar-refractivity contribution in [3.8, 4) is 5.75 Å². The molecular formula is C38H45N3O5S. The third-order valence-corrected chi connectivity index (χ3v) is 9.64. The molecule has 248 valence electrons. The second kappa shape index (κ2) is 14.9. The number of aryl methyl sites for hydroxylation is 3. The molecule has 0 aliphatic heterocycles. The van der Waals surface area contributed by atoms with Crippen LogP contribution in [0.25, 0.3) is 0 Å². The van der Waals surface area contributed by atoms with Gasteiger partial charge in [0.05, 0.1) is 17.7 Å². The van der Waals surface area contributed by atoms with Gasteiger partial charge in [0.1, 0.15) is 18.3 Å². The number of carbonyl (C=O) groups is 2. The van der Waals surface area contributed by atoms with E-state index in [1.165, 1.54) is 24.1 Å². The Hall–Kier alpha value is -4.63. The van der Waals surface area contributed by atoms with Crippen LogP contribution in [0, 0.1) is 20.8 Å². The Balaban J connectivity index is 1.88. The molecule has 0 aliphatic rings. The first-order valence-corrected chi connectivity index (χ1v) is 17.1. The largest absolute Gasteiger partial charge is 0.495 e. The van der Waals surface area contributed by atoms with Gasteiger partial charge in [0, 0.05) is 18.5 Å². The van der Waals surface area contributed by atoms with Gasteiger partial charge in [-0.1, -0.05) is 78.4 Å². The molecule has 0 saturated carbocycles. The van der Waals surface area contributed by atoms with Gasteiger partial charge in [0.25, 0.3) is 10.0 Å². The number of nitrogens with zero attached hydrogens (tertiary/aromatic N) is 2.